The predicted octanol–water partition coefficient (Wildman–Crippen LogP) is 2.65. The van der Waals surface area contributed by atoms with Crippen LogP contribution >= 0.6 is 0 Å². The van der Waals surface area contributed by atoms with E-state index >= 15 is 0 Å². The summed E-state index contributed by atoms with van der Waals surface area (Å²) in [5, 5.41) is 0. The first-order chi connectivity index (χ1) is 9.16. The minimum atomic E-state index is 0.362. The van der Waals surface area contributed by atoms with Crippen LogP contribution in [0.2, 0.25) is 0 Å². The second-order valence-corrected chi connectivity index (χ2v) is 7.20. The van der Waals surface area contributed by atoms with Crippen LogP contribution in [0.25, 0.3) is 0 Å². The number of hydrogen-bond donors (Lipinski definition) is 0. The van der Waals surface area contributed by atoms with E-state index in [1.165, 1.54) is 58.0 Å². The van der Waals surface area contributed by atoms with Crippen LogP contribution in [0.1, 0.15) is 58.3 Å². The Hall–Kier alpha value is -0.570. The summed E-state index contributed by atoms with van der Waals surface area (Å²) < 4.78 is 0. The first kappa shape index (κ1) is 13.4. The number of likely N-dealkylation sites (tertiary alicyclic amines) is 2. The van der Waals surface area contributed by atoms with Gasteiger partial charge < -0.3 is 9.80 Å². The zero-order valence-electron chi connectivity index (χ0n) is 12.4. The maximum Gasteiger partial charge on any atom is 0.223 e. The van der Waals surface area contributed by atoms with Gasteiger partial charge in [0.15, 0.2) is 0 Å². The molecular formula is C16H28N2O. The van der Waals surface area contributed by atoms with E-state index in [0.717, 1.165) is 25.6 Å². The van der Waals surface area contributed by atoms with Crippen LogP contribution in [0.5, 0.6) is 0 Å². The van der Waals surface area contributed by atoms with Crippen molar-refractivity contribution in [2.45, 2.75) is 64.3 Å². The number of piperidine rings is 2. The third kappa shape index (κ3) is 3.31. The van der Waals surface area contributed by atoms with Crippen molar-refractivity contribution in [3.05, 3.63) is 0 Å². The summed E-state index contributed by atoms with van der Waals surface area (Å²) in [6, 6.07) is 0.751. The van der Waals surface area contributed by atoms with Crippen molar-refractivity contribution in [1.82, 2.24) is 9.80 Å². The van der Waals surface area contributed by atoms with Gasteiger partial charge in [0.05, 0.1) is 0 Å². The van der Waals surface area contributed by atoms with Crippen molar-refractivity contribution >= 4 is 5.91 Å². The Morgan fingerprint density at radius 2 is 1.68 bits per heavy atom. The molecule has 0 bridgehead atoms. The lowest BCUT2D eigenvalue weighted by Gasteiger charge is -2.40. The number of amides is 1. The first-order valence-electron chi connectivity index (χ1n) is 8.18. The molecule has 0 spiro atoms. The number of carbonyl (C=O) groups excluding carboxylic acids is 1. The lowest BCUT2D eigenvalue weighted by atomic mass is 9.98. The molecule has 0 aromatic rings. The maximum atomic E-state index is 12.2. The van der Waals surface area contributed by atoms with Crippen molar-refractivity contribution in [2.75, 3.05) is 26.2 Å². The third-order valence-electron chi connectivity index (χ3n) is 5.41. The molecule has 0 atom stereocenters. The van der Waals surface area contributed by atoms with E-state index in [4.69, 9.17) is 0 Å². The van der Waals surface area contributed by atoms with E-state index in [-0.39, 0.29) is 0 Å². The molecule has 3 heteroatoms. The second kappa shape index (κ2) is 5.43. The molecule has 108 valence electrons. The molecule has 1 saturated carbocycles. The second-order valence-electron chi connectivity index (χ2n) is 7.20. The van der Waals surface area contributed by atoms with Crippen LogP contribution in [0.15, 0.2) is 0 Å². The van der Waals surface area contributed by atoms with Gasteiger partial charge in [-0.05, 0) is 57.0 Å². The molecule has 0 aromatic heterocycles. The van der Waals surface area contributed by atoms with Gasteiger partial charge >= 0.3 is 0 Å². The average molecular weight is 264 g/mol. The summed E-state index contributed by atoms with van der Waals surface area (Å²) in [4.78, 5) is 17.1. The lowest BCUT2D eigenvalue weighted by molar-refractivity contribution is -0.134. The fourth-order valence-electron chi connectivity index (χ4n) is 3.63. The monoisotopic (exact) mass is 264 g/mol. The third-order valence-corrected chi connectivity index (χ3v) is 5.41. The quantitative estimate of drug-likeness (QED) is 0.782. The molecule has 3 fully saturated rings. The largest absolute Gasteiger partial charge is 0.343 e. The van der Waals surface area contributed by atoms with Crippen LogP contribution in [-0.2, 0) is 4.79 Å². The highest BCUT2D eigenvalue weighted by molar-refractivity contribution is 5.77. The molecule has 2 heterocycles. The Bertz CT molecular complexity index is 324. The van der Waals surface area contributed by atoms with E-state index in [0.29, 0.717) is 11.3 Å². The van der Waals surface area contributed by atoms with Gasteiger partial charge in [-0.1, -0.05) is 13.3 Å². The molecule has 3 rings (SSSR count). The molecule has 3 nitrogen and oxygen atoms in total. The van der Waals surface area contributed by atoms with Gasteiger partial charge in [0.25, 0.3) is 0 Å². The number of rotatable bonds is 3. The predicted molar refractivity (Wildman–Crippen MR) is 77.0 cm³/mol. The molecule has 3 aliphatic rings. The van der Waals surface area contributed by atoms with Gasteiger partial charge in [-0.15, -0.1) is 0 Å². The van der Waals surface area contributed by atoms with Gasteiger partial charge in [-0.3, -0.25) is 4.79 Å². The Kier molecular flexibility index (Phi) is 3.84. The summed E-state index contributed by atoms with van der Waals surface area (Å²) in [6.45, 7) is 6.82. The highest BCUT2D eigenvalue weighted by Crippen LogP contribution is 2.48. The topological polar surface area (TPSA) is 23.6 Å². The van der Waals surface area contributed by atoms with Crippen LogP contribution in [-0.4, -0.2) is 47.9 Å². The summed E-state index contributed by atoms with van der Waals surface area (Å²) in [6.07, 6.45) is 9.85. The summed E-state index contributed by atoms with van der Waals surface area (Å²) >= 11 is 0. The van der Waals surface area contributed by atoms with Crippen molar-refractivity contribution in [3.8, 4) is 0 Å². The Labute approximate surface area is 117 Å². The number of carbonyl (C=O) groups is 1. The fourth-order valence-corrected chi connectivity index (χ4v) is 3.63. The van der Waals surface area contributed by atoms with Crippen molar-refractivity contribution in [1.29, 1.82) is 0 Å². The molecule has 0 radical (unpaired) electrons. The smallest absolute Gasteiger partial charge is 0.223 e. The molecule has 1 amide bonds. The first-order valence-corrected chi connectivity index (χ1v) is 8.18. The SMILES string of the molecule is CC1(CC(=O)N2CCC(N3CCCCC3)CC2)CC1. The van der Waals surface area contributed by atoms with Crippen LogP contribution in [0, 0.1) is 5.41 Å². The minimum Gasteiger partial charge on any atom is -0.343 e. The van der Waals surface area contributed by atoms with E-state index in [2.05, 4.69) is 16.7 Å². The van der Waals surface area contributed by atoms with Crippen molar-refractivity contribution < 1.29 is 4.79 Å². The van der Waals surface area contributed by atoms with Gasteiger partial charge in [0, 0.05) is 25.6 Å². The van der Waals surface area contributed by atoms with Gasteiger partial charge in [-0.2, -0.15) is 0 Å². The van der Waals surface area contributed by atoms with Crippen LogP contribution in [0.4, 0.5) is 0 Å². The Morgan fingerprint density at radius 1 is 1.05 bits per heavy atom. The Balaban J connectivity index is 1.44. The Morgan fingerprint density at radius 3 is 2.26 bits per heavy atom. The molecule has 0 unspecified atom stereocenters. The molecule has 0 aromatic carbocycles. The minimum absolute atomic E-state index is 0.362. The molecular weight excluding hydrogens is 236 g/mol. The standard InChI is InChI=1S/C16H28N2O/c1-16(7-8-16)13-15(19)18-11-5-14(6-12-18)17-9-3-2-4-10-17/h14H,2-13H2,1H3. The molecule has 0 N–H and O–H groups in total. The van der Waals surface area contributed by atoms with E-state index in [1.54, 1.807) is 0 Å². The zero-order valence-corrected chi connectivity index (χ0v) is 12.4. The van der Waals surface area contributed by atoms with Crippen LogP contribution in [0.3, 0.4) is 0 Å². The molecule has 2 saturated heterocycles. The molecule has 1 aliphatic carbocycles. The maximum absolute atomic E-state index is 12.2. The highest BCUT2D eigenvalue weighted by atomic mass is 16.2. The average Bonchev–Trinajstić information content (AvgIpc) is 3.17. The van der Waals surface area contributed by atoms with Crippen LogP contribution < -0.4 is 0 Å². The van der Waals surface area contributed by atoms with Crippen molar-refractivity contribution in [3.63, 3.8) is 0 Å². The van der Waals surface area contributed by atoms with E-state index in [1.807, 2.05) is 0 Å². The molecule has 19 heavy (non-hydrogen) atoms. The summed E-state index contributed by atoms with van der Waals surface area (Å²) in [5.74, 6) is 0.414. The van der Waals surface area contributed by atoms with Gasteiger partial charge in [0.2, 0.25) is 5.91 Å². The lowest BCUT2D eigenvalue weighted by Crippen LogP contribution is -2.48. The summed E-state index contributed by atoms with van der Waals surface area (Å²) in [7, 11) is 0. The van der Waals surface area contributed by atoms with Crippen molar-refractivity contribution in [2.24, 2.45) is 5.41 Å². The summed E-state index contributed by atoms with van der Waals surface area (Å²) in [5.41, 5.74) is 0.362. The van der Waals surface area contributed by atoms with Gasteiger partial charge in [0.1, 0.15) is 0 Å². The number of hydrogen-bond acceptors (Lipinski definition) is 2. The molecule has 2 aliphatic heterocycles. The number of nitrogens with zero attached hydrogens (tertiary/aromatic N) is 2. The normalized spacial score (nSPS) is 28.4. The highest BCUT2D eigenvalue weighted by Gasteiger charge is 2.40. The zero-order chi connectivity index (χ0) is 13.3. The van der Waals surface area contributed by atoms with E-state index in [9.17, 15) is 4.79 Å². The van der Waals surface area contributed by atoms with Gasteiger partial charge in [-0.25, -0.2) is 0 Å². The van der Waals surface area contributed by atoms with E-state index < -0.39 is 0 Å². The fraction of sp³-hybridized carbons (Fsp3) is 0.938.